The molecule has 0 aliphatic carbocycles. The SMILES string of the molecule is CCOC1CCN(CC2(C(=O)O)CCCOC2)CC1. The number of carbonyl (C=O) groups is 1. The standard InChI is InChI=1S/C14H25NO4/c1-2-19-12-4-7-15(8-5-12)10-14(13(16)17)6-3-9-18-11-14/h12H,2-11H2,1H3,(H,16,17). The minimum atomic E-state index is -0.709. The largest absolute Gasteiger partial charge is 0.481 e. The van der Waals surface area contributed by atoms with Gasteiger partial charge in [0.25, 0.3) is 0 Å². The molecule has 1 unspecified atom stereocenters. The van der Waals surface area contributed by atoms with Crippen molar-refractivity contribution in [3.05, 3.63) is 0 Å². The van der Waals surface area contributed by atoms with E-state index in [2.05, 4.69) is 4.90 Å². The van der Waals surface area contributed by atoms with Gasteiger partial charge in [0, 0.05) is 32.8 Å². The van der Waals surface area contributed by atoms with Crippen molar-refractivity contribution in [1.29, 1.82) is 0 Å². The summed E-state index contributed by atoms with van der Waals surface area (Å²) < 4.78 is 11.0. The zero-order chi connectivity index (χ0) is 13.7. The van der Waals surface area contributed by atoms with Crippen LogP contribution in [0.5, 0.6) is 0 Å². The molecule has 5 nitrogen and oxygen atoms in total. The molecular weight excluding hydrogens is 246 g/mol. The molecule has 0 aromatic carbocycles. The van der Waals surface area contributed by atoms with Crippen LogP contribution in [0.25, 0.3) is 0 Å². The Morgan fingerprint density at radius 1 is 1.47 bits per heavy atom. The lowest BCUT2D eigenvalue weighted by molar-refractivity contribution is -0.160. The maximum Gasteiger partial charge on any atom is 0.313 e. The second-order valence-electron chi connectivity index (χ2n) is 5.67. The first kappa shape index (κ1) is 14.8. The van der Waals surface area contributed by atoms with E-state index < -0.39 is 11.4 Å². The summed E-state index contributed by atoms with van der Waals surface area (Å²) in [5.74, 6) is -0.709. The number of likely N-dealkylation sites (tertiary alicyclic amines) is 1. The third-order valence-electron chi connectivity index (χ3n) is 4.24. The van der Waals surface area contributed by atoms with Crippen molar-refractivity contribution >= 4 is 5.97 Å². The van der Waals surface area contributed by atoms with E-state index in [4.69, 9.17) is 9.47 Å². The van der Waals surface area contributed by atoms with Crippen LogP contribution in [-0.2, 0) is 14.3 Å². The highest BCUT2D eigenvalue weighted by Crippen LogP contribution is 2.31. The van der Waals surface area contributed by atoms with Crippen LogP contribution in [-0.4, -0.2) is 61.5 Å². The van der Waals surface area contributed by atoms with E-state index >= 15 is 0 Å². The van der Waals surface area contributed by atoms with Gasteiger partial charge in [-0.1, -0.05) is 0 Å². The Kier molecular flexibility index (Phi) is 5.19. The van der Waals surface area contributed by atoms with Crippen molar-refractivity contribution < 1.29 is 19.4 Å². The maximum absolute atomic E-state index is 11.6. The molecule has 19 heavy (non-hydrogen) atoms. The number of carboxylic acids is 1. The van der Waals surface area contributed by atoms with E-state index in [1.54, 1.807) is 0 Å². The Hall–Kier alpha value is -0.650. The lowest BCUT2D eigenvalue weighted by Crippen LogP contribution is -2.50. The molecule has 2 fully saturated rings. The lowest BCUT2D eigenvalue weighted by Gasteiger charge is -2.40. The van der Waals surface area contributed by atoms with E-state index in [1.807, 2.05) is 6.92 Å². The monoisotopic (exact) mass is 271 g/mol. The minimum absolute atomic E-state index is 0.352. The molecule has 0 saturated carbocycles. The minimum Gasteiger partial charge on any atom is -0.481 e. The predicted molar refractivity (Wildman–Crippen MR) is 71.2 cm³/mol. The Balaban J connectivity index is 1.87. The van der Waals surface area contributed by atoms with Gasteiger partial charge in [-0.2, -0.15) is 0 Å². The highest BCUT2D eigenvalue weighted by Gasteiger charge is 2.42. The molecule has 0 bridgehead atoms. The summed E-state index contributed by atoms with van der Waals surface area (Å²) in [6, 6.07) is 0. The summed E-state index contributed by atoms with van der Waals surface area (Å²) >= 11 is 0. The molecule has 1 atom stereocenters. The molecule has 0 amide bonds. The average molecular weight is 271 g/mol. The molecule has 1 N–H and O–H groups in total. The number of nitrogens with zero attached hydrogens (tertiary/aromatic N) is 1. The fourth-order valence-corrected chi connectivity index (χ4v) is 3.11. The smallest absolute Gasteiger partial charge is 0.313 e. The summed E-state index contributed by atoms with van der Waals surface area (Å²) in [7, 11) is 0. The lowest BCUT2D eigenvalue weighted by atomic mass is 9.81. The number of aliphatic carboxylic acids is 1. The Bertz CT molecular complexity index is 294. The second-order valence-corrected chi connectivity index (χ2v) is 5.67. The molecule has 0 spiro atoms. The molecule has 2 heterocycles. The van der Waals surface area contributed by atoms with Crippen molar-refractivity contribution in [2.75, 3.05) is 39.5 Å². The van der Waals surface area contributed by atoms with Crippen molar-refractivity contribution in [1.82, 2.24) is 4.90 Å². The van der Waals surface area contributed by atoms with E-state index in [9.17, 15) is 9.90 Å². The van der Waals surface area contributed by atoms with Crippen molar-refractivity contribution in [3.63, 3.8) is 0 Å². The molecule has 0 radical (unpaired) electrons. The molecule has 2 aliphatic heterocycles. The van der Waals surface area contributed by atoms with Gasteiger partial charge >= 0.3 is 5.97 Å². The van der Waals surface area contributed by atoms with Gasteiger partial charge in [-0.15, -0.1) is 0 Å². The molecular formula is C14H25NO4. The highest BCUT2D eigenvalue weighted by atomic mass is 16.5. The zero-order valence-electron chi connectivity index (χ0n) is 11.8. The summed E-state index contributed by atoms with van der Waals surface area (Å²) in [6.07, 6.45) is 3.94. The van der Waals surface area contributed by atoms with Crippen molar-refractivity contribution in [2.24, 2.45) is 5.41 Å². The van der Waals surface area contributed by atoms with Gasteiger partial charge in [0.05, 0.1) is 12.7 Å². The van der Waals surface area contributed by atoms with Gasteiger partial charge in [0.2, 0.25) is 0 Å². The van der Waals surface area contributed by atoms with Crippen LogP contribution in [0.2, 0.25) is 0 Å². The molecule has 110 valence electrons. The van der Waals surface area contributed by atoms with E-state index in [1.165, 1.54) is 0 Å². The van der Waals surface area contributed by atoms with Crippen molar-refractivity contribution in [2.45, 2.75) is 38.7 Å². The van der Waals surface area contributed by atoms with Crippen LogP contribution in [0.1, 0.15) is 32.6 Å². The Morgan fingerprint density at radius 2 is 2.21 bits per heavy atom. The predicted octanol–water partition coefficient (Wildman–Crippen LogP) is 1.37. The molecule has 2 aliphatic rings. The number of hydrogen-bond donors (Lipinski definition) is 1. The van der Waals surface area contributed by atoms with Crippen LogP contribution < -0.4 is 0 Å². The molecule has 2 rings (SSSR count). The van der Waals surface area contributed by atoms with Crippen LogP contribution in [0.4, 0.5) is 0 Å². The third kappa shape index (κ3) is 3.68. The van der Waals surface area contributed by atoms with E-state index in [0.717, 1.165) is 45.4 Å². The summed E-state index contributed by atoms with van der Waals surface area (Å²) in [5.41, 5.74) is -0.698. The van der Waals surface area contributed by atoms with Crippen LogP contribution >= 0.6 is 0 Å². The molecule has 5 heteroatoms. The Labute approximate surface area is 114 Å². The molecule has 0 aromatic heterocycles. The summed E-state index contributed by atoms with van der Waals surface area (Å²) in [6.45, 7) is 6.30. The first-order chi connectivity index (χ1) is 9.16. The number of piperidine rings is 1. The van der Waals surface area contributed by atoms with E-state index in [-0.39, 0.29) is 0 Å². The van der Waals surface area contributed by atoms with Gasteiger partial charge in [-0.3, -0.25) is 4.79 Å². The van der Waals surface area contributed by atoms with Gasteiger partial charge in [-0.05, 0) is 32.6 Å². The first-order valence-corrected chi connectivity index (χ1v) is 7.31. The van der Waals surface area contributed by atoms with Crippen LogP contribution in [0, 0.1) is 5.41 Å². The fraction of sp³-hybridized carbons (Fsp3) is 0.929. The first-order valence-electron chi connectivity index (χ1n) is 7.31. The molecule has 0 aromatic rings. The normalized spacial score (nSPS) is 30.4. The van der Waals surface area contributed by atoms with Crippen molar-refractivity contribution in [3.8, 4) is 0 Å². The number of rotatable bonds is 5. The quantitative estimate of drug-likeness (QED) is 0.818. The fourth-order valence-electron chi connectivity index (χ4n) is 3.11. The highest BCUT2D eigenvalue weighted by molar-refractivity contribution is 5.75. The van der Waals surface area contributed by atoms with Gasteiger partial charge < -0.3 is 19.5 Å². The molecule has 2 saturated heterocycles. The van der Waals surface area contributed by atoms with Gasteiger partial charge in [0.15, 0.2) is 0 Å². The third-order valence-corrected chi connectivity index (χ3v) is 4.24. The van der Waals surface area contributed by atoms with Gasteiger partial charge in [0.1, 0.15) is 5.41 Å². The number of hydrogen-bond acceptors (Lipinski definition) is 4. The van der Waals surface area contributed by atoms with Gasteiger partial charge in [-0.25, -0.2) is 0 Å². The topological polar surface area (TPSA) is 59.0 Å². The second kappa shape index (κ2) is 6.68. The number of carboxylic acid groups (broad SMARTS) is 1. The maximum atomic E-state index is 11.6. The van der Waals surface area contributed by atoms with E-state index in [0.29, 0.717) is 25.9 Å². The van der Waals surface area contributed by atoms with Crippen LogP contribution in [0.3, 0.4) is 0 Å². The summed E-state index contributed by atoms with van der Waals surface area (Å²) in [4.78, 5) is 13.8. The summed E-state index contributed by atoms with van der Waals surface area (Å²) in [5, 5.41) is 9.52. The Morgan fingerprint density at radius 3 is 2.74 bits per heavy atom. The number of ether oxygens (including phenoxy) is 2. The average Bonchev–Trinajstić information content (AvgIpc) is 2.42. The van der Waals surface area contributed by atoms with Crippen LogP contribution in [0.15, 0.2) is 0 Å². The zero-order valence-corrected chi connectivity index (χ0v) is 11.8.